The van der Waals surface area contributed by atoms with E-state index in [-0.39, 0.29) is 5.91 Å². The number of aryl methyl sites for hydroxylation is 1. The summed E-state index contributed by atoms with van der Waals surface area (Å²) in [6.07, 6.45) is 6.57. The molecule has 2 heterocycles. The summed E-state index contributed by atoms with van der Waals surface area (Å²) in [7, 11) is 0. The quantitative estimate of drug-likeness (QED) is 0.704. The minimum Gasteiger partial charge on any atom is -0.348 e. The molecule has 0 unspecified atom stereocenters. The number of amides is 1. The number of nitrogens with two attached hydrogens (primary N) is 1. The van der Waals surface area contributed by atoms with Gasteiger partial charge in [0.2, 0.25) is 5.91 Å². The summed E-state index contributed by atoms with van der Waals surface area (Å²) in [4.78, 5) is 26.5. The molecule has 0 radical (unpaired) electrons. The average Bonchev–Trinajstić information content (AvgIpc) is 2.84. The highest BCUT2D eigenvalue weighted by Crippen LogP contribution is 2.09. The molecule has 0 aliphatic heterocycles. The molecule has 0 aromatic carbocycles. The third-order valence-corrected chi connectivity index (χ3v) is 2.50. The van der Waals surface area contributed by atoms with Gasteiger partial charge in [0.25, 0.3) is 0 Å². The standard InChI is InChI=1S/C11H14N6O/c1-7-10(4-14-5-15-7)17-11(18)9(12)2-8-3-13-6-16-8/h3-6,9H,2,12H2,1H3,(H,13,16)(H,17,18)/t9-/m0/s1. The van der Waals surface area contributed by atoms with Gasteiger partial charge in [-0.25, -0.2) is 15.0 Å². The largest absolute Gasteiger partial charge is 0.348 e. The van der Waals surface area contributed by atoms with Crippen molar-refractivity contribution < 1.29 is 4.79 Å². The zero-order chi connectivity index (χ0) is 13.0. The molecule has 7 nitrogen and oxygen atoms in total. The number of carbonyl (C=O) groups is 1. The number of rotatable bonds is 4. The first-order chi connectivity index (χ1) is 8.66. The Bertz CT molecular complexity index is 524. The smallest absolute Gasteiger partial charge is 0.241 e. The van der Waals surface area contributed by atoms with Gasteiger partial charge in [0.1, 0.15) is 6.33 Å². The first kappa shape index (κ1) is 12.2. The van der Waals surface area contributed by atoms with Crippen molar-refractivity contribution in [3.8, 4) is 0 Å². The van der Waals surface area contributed by atoms with Gasteiger partial charge < -0.3 is 16.0 Å². The monoisotopic (exact) mass is 246 g/mol. The number of carbonyl (C=O) groups excluding carboxylic acids is 1. The summed E-state index contributed by atoms with van der Waals surface area (Å²) < 4.78 is 0. The van der Waals surface area contributed by atoms with Crippen LogP contribution in [0.1, 0.15) is 11.4 Å². The maximum absolute atomic E-state index is 11.9. The van der Waals surface area contributed by atoms with Crippen LogP contribution in [-0.2, 0) is 11.2 Å². The predicted octanol–water partition coefficient (Wildman–Crippen LogP) is 0.0166. The molecule has 0 saturated heterocycles. The van der Waals surface area contributed by atoms with E-state index in [1.54, 1.807) is 25.6 Å². The van der Waals surface area contributed by atoms with Gasteiger partial charge in [0.15, 0.2) is 0 Å². The Labute approximate surface area is 104 Å². The molecule has 4 N–H and O–H groups in total. The van der Waals surface area contributed by atoms with Crippen molar-refractivity contribution in [3.63, 3.8) is 0 Å². The molecule has 0 saturated carbocycles. The van der Waals surface area contributed by atoms with E-state index in [0.717, 1.165) is 5.69 Å². The maximum atomic E-state index is 11.9. The lowest BCUT2D eigenvalue weighted by molar-refractivity contribution is -0.117. The van der Waals surface area contributed by atoms with E-state index in [9.17, 15) is 4.79 Å². The molecular formula is C11H14N6O. The topological polar surface area (TPSA) is 110 Å². The van der Waals surface area contributed by atoms with Crippen molar-refractivity contribution in [3.05, 3.63) is 36.4 Å². The molecule has 0 spiro atoms. The first-order valence-electron chi connectivity index (χ1n) is 5.47. The Hall–Kier alpha value is -2.28. The number of nitrogens with one attached hydrogen (secondary N) is 2. The Kier molecular flexibility index (Phi) is 3.63. The molecule has 7 heteroatoms. The lowest BCUT2D eigenvalue weighted by Gasteiger charge is -2.11. The van der Waals surface area contributed by atoms with E-state index >= 15 is 0 Å². The molecule has 1 atom stereocenters. The van der Waals surface area contributed by atoms with Crippen molar-refractivity contribution in [2.45, 2.75) is 19.4 Å². The number of aromatic nitrogens is 4. The number of hydrogen-bond donors (Lipinski definition) is 3. The van der Waals surface area contributed by atoms with Crippen LogP contribution in [0.4, 0.5) is 5.69 Å². The predicted molar refractivity (Wildman–Crippen MR) is 65.7 cm³/mol. The minimum absolute atomic E-state index is 0.275. The highest BCUT2D eigenvalue weighted by Gasteiger charge is 2.15. The Morgan fingerprint density at radius 2 is 2.33 bits per heavy atom. The van der Waals surface area contributed by atoms with Gasteiger partial charge in [-0.2, -0.15) is 0 Å². The number of H-pyrrole nitrogens is 1. The molecular weight excluding hydrogens is 232 g/mol. The van der Waals surface area contributed by atoms with Crippen LogP contribution >= 0.6 is 0 Å². The molecule has 2 rings (SSSR count). The van der Waals surface area contributed by atoms with Crippen molar-refractivity contribution in [2.24, 2.45) is 5.73 Å². The normalized spacial score (nSPS) is 12.1. The molecule has 0 bridgehead atoms. The lowest BCUT2D eigenvalue weighted by Crippen LogP contribution is -2.37. The van der Waals surface area contributed by atoms with Gasteiger partial charge in [-0.05, 0) is 6.92 Å². The molecule has 2 aromatic heterocycles. The number of imidazole rings is 1. The maximum Gasteiger partial charge on any atom is 0.241 e. The third kappa shape index (κ3) is 2.89. The highest BCUT2D eigenvalue weighted by atomic mass is 16.2. The van der Waals surface area contributed by atoms with Crippen molar-refractivity contribution in [2.75, 3.05) is 5.32 Å². The fourth-order valence-electron chi connectivity index (χ4n) is 1.46. The molecule has 2 aromatic rings. The molecule has 1 amide bonds. The Morgan fingerprint density at radius 1 is 1.50 bits per heavy atom. The fourth-order valence-corrected chi connectivity index (χ4v) is 1.46. The van der Waals surface area contributed by atoms with Gasteiger partial charge in [0.05, 0.1) is 29.9 Å². The second-order valence-electron chi connectivity index (χ2n) is 3.90. The number of anilines is 1. The number of aromatic amines is 1. The average molecular weight is 246 g/mol. The second kappa shape index (κ2) is 5.37. The third-order valence-electron chi connectivity index (χ3n) is 2.50. The van der Waals surface area contributed by atoms with Crippen LogP contribution in [-0.4, -0.2) is 31.9 Å². The summed E-state index contributed by atoms with van der Waals surface area (Å²) in [6, 6.07) is -0.648. The summed E-state index contributed by atoms with van der Waals surface area (Å²) >= 11 is 0. The SMILES string of the molecule is Cc1ncncc1NC(=O)[C@@H](N)Cc1cnc[nH]1. The van der Waals surface area contributed by atoms with Crippen molar-refractivity contribution in [1.82, 2.24) is 19.9 Å². The number of hydrogen-bond acceptors (Lipinski definition) is 5. The van der Waals surface area contributed by atoms with Crippen LogP contribution in [0.25, 0.3) is 0 Å². The Morgan fingerprint density at radius 3 is 3.00 bits per heavy atom. The van der Waals surface area contributed by atoms with Crippen LogP contribution in [0.2, 0.25) is 0 Å². The van der Waals surface area contributed by atoms with E-state index < -0.39 is 6.04 Å². The Balaban J connectivity index is 1.98. The lowest BCUT2D eigenvalue weighted by atomic mass is 10.1. The summed E-state index contributed by atoms with van der Waals surface area (Å²) in [5, 5.41) is 2.70. The zero-order valence-corrected chi connectivity index (χ0v) is 9.92. The molecule has 18 heavy (non-hydrogen) atoms. The molecule has 94 valence electrons. The van der Waals surface area contributed by atoms with E-state index in [1.807, 2.05) is 0 Å². The molecule has 0 aliphatic carbocycles. The van der Waals surface area contributed by atoms with Crippen LogP contribution in [0.3, 0.4) is 0 Å². The van der Waals surface area contributed by atoms with Crippen molar-refractivity contribution >= 4 is 11.6 Å². The summed E-state index contributed by atoms with van der Waals surface area (Å²) in [6.45, 7) is 1.79. The van der Waals surface area contributed by atoms with Crippen LogP contribution in [0.15, 0.2) is 25.0 Å². The van der Waals surface area contributed by atoms with Crippen LogP contribution in [0, 0.1) is 6.92 Å². The van der Waals surface area contributed by atoms with E-state index in [0.29, 0.717) is 17.8 Å². The second-order valence-corrected chi connectivity index (χ2v) is 3.90. The van der Waals surface area contributed by atoms with Gasteiger partial charge >= 0.3 is 0 Å². The minimum atomic E-state index is -0.648. The molecule has 0 fully saturated rings. The van der Waals surface area contributed by atoms with Gasteiger partial charge in [-0.3, -0.25) is 4.79 Å². The van der Waals surface area contributed by atoms with E-state index in [2.05, 4.69) is 25.3 Å². The fraction of sp³-hybridized carbons (Fsp3) is 0.273. The van der Waals surface area contributed by atoms with Crippen LogP contribution < -0.4 is 11.1 Å². The highest BCUT2D eigenvalue weighted by molar-refractivity contribution is 5.95. The van der Waals surface area contributed by atoms with E-state index in [4.69, 9.17) is 5.73 Å². The summed E-state index contributed by atoms with van der Waals surface area (Å²) in [5.74, 6) is -0.275. The van der Waals surface area contributed by atoms with Crippen LogP contribution in [0.5, 0.6) is 0 Å². The summed E-state index contributed by atoms with van der Waals surface area (Å²) in [5.41, 5.74) is 7.90. The first-order valence-corrected chi connectivity index (χ1v) is 5.47. The van der Waals surface area contributed by atoms with E-state index in [1.165, 1.54) is 6.33 Å². The van der Waals surface area contributed by atoms with Gasteiger partial charge in [0, 0.05) is 18.3 Å². The number of nitrogens with zero attached hydrogens (tertiary/aromatic N) is 3. The molecule has 0 aliphatic rings. The van der Waals surface area contributed by atoms with Crippen molar-refractivity contribution in [1.29, 1.82) is 0 Å². The zero-order valence-electron chi connectivity index (χ0n) is 9.92. The van der Waals surface area contributed by atoms with Gasteiger partial charge in [-0.1, -0.05) is 0 Å². The van der Waals surface area contributed by atoms with Gasteiger partial charge in [-0.15, -0.1) is 0 Å².